The molecule has 4 nitrogen and oxygen atoms in total. The number of amides is 1. The van der Waals surface area contributed by atoms with Crippen molar-refractivity contribution in [2.24, 2.45) is 11.8 Å². The number of carboxylic acids is 1. The number of hydrogen-bond acceptors (Lipinski definition) is 2. The lowest BCUT2D eigenvalue weighted by Crippen LogP contribution is -2.33. The van der Waals surface area contributed by atoms with Crippen LogP contribution in [0.15, 0.2) is 0 Å². The van der Waals surface area contributed by atoms with Gasteiger partial charge in [-0.2, -0.15) is 0 Å². The van der Waals surface area contributed by atoms with Gasteiger partial charge in [0.1, 0.15) is 0 Å². The van der Waals surface area contributed by atoms with Crippen LogP contribution in [0.2, 0.25) is 0 Å². The van der Waals surface area contributed by atoms with Crippen LogP contribution in [-0.2, 0) is 9.59 Å². The molecule has 0 aliphatic heterocycles. The summed E-state index contributed by atoms with van der Waals surface area (Å²) in [6.45, 7) is 6.71. The average molecular weight is 257 g/mol. The van der Waals surface area contributed by atoms with Crippen LogP contribution in [0.25, 0.3) is 0 Å². The monoisotopic (exact) mass is 257 g/mol. The Balaban J connectivity index is 3.88. The minimum Gasteiger partial charge on any atom is -0.481 e. The van der Waals surface area contributed by atoms with Crippen molar-refractivity contribution in [1.29, 1.82) is 0 Å². The molecule has 0 aromatic rings. The van der Waals surface area contributed by atoms with Gasteiger partial charge < -0.3 is 10.4 Å². The molecule has 2 unspecified atom stereocenters. The maximum atomic E-state index is 11.9. The summed E-state index contributed by atoms with van der Waals surface area (Å²) in [4.78, 5) is 22.3. The Morgan fingerprint density at radius 3 is 2.39 bits per heavy atom. The Morgan fingerprint density at radius 2 is 1.89 bits per heavy atom. The van der Waals surface area contributed by atoms with Gasteiger partial charge >= 0.3 is 5.97 Å². The van der Waals surface area contributed by atoms with E-state index in [1.165, 1.54) is 0 Å². The van der Waals surface area contributed by atoms with Crippen LogP contribution >= 0.6 is 0 Å². The van der Waals surface area contributed by atoms with Gasteiger partial charge in [0.25, 0.3) is 0 Å². The second-order valence-electron chi connectivity index (χ2n) is 5.03. The fraction of sp³-hybridized carbons (Fsp3) is 0.857. The number of unbranched alkanes of at least 4 members (excludes halogenated alkanes) is 1. The summed E-state index contributed by atoms with van der Waals surface area (Å²) >= 11 is 0. The molecule has 2 N–H and O–H groups in total. The van der Waals surface area contributed by atoms with Gasteiger partial charge in [0, 0.05) is 18.9 Å². The van der Waals surface area contributed by atoms with Crippen LogP contribution in [0, 0.1) is 11.8 Å². The highest BCUT2D eigenvalue weighted by Gasteiger charge is 2.16. The van der Waals surface area contributed by atoms with Gasteiger partial charge in [-0.05, 0) is 25.2 Å². The standard InChI is InChI=1S/C14H27NO3/c1-4-6-7-12(5-2)14(18)15-10-11(3)8-9-13(16)17/h11-12H,4-10H2,1-3H3,(H,15,18)(H,16,17). The SMILES string of the molecule is CCCCC(CC)C(=O)NCC(C)CCC(=O)O. The number of carboxylic acid groups (broad SMARTS) is 1. The van der Waals surface area contributed by atoms with Crippen molar-refractivity contribution in [1.82, 2.24) is 5.32 Å². The highest BCUT2D eigenvalue weighted by Crippen LogP contribution is 2.13. The molecule has 106 valence electrons. The zero-order chi connectivity index (χ0) is 14.0. The molecule has 4 heteroatoms. The molecule has 0 bridgehead atoms. The van der Waals surface area contributed by atoms with Crippen LogP contribution in [0.3, 0.4) is 0 Å². The lowest BCUT2D eigenvalue weighted by molar-refractivity contribution is -0.137. The van der Waals surface area contributed by atoms with Gasteiger partial charge in [-0.25, -0.2) is 0 Å². The van der Waals surface area contributed by atoms with E-state index in [0.29, 0.717) is 13.0 Å². The van der Waals surface area contributed by atoms with Gasteiger partial charge in [-0.1, -0.05) is 33.6 Å². The highest BCUT2D eigenvalue weighted by molar-refractivity contribution is 5.78. The van der Waals surface area contributed by atoms with Gasteiger partial charge in [-0.3, -0.25) is 9.59 Å². The van der Waals surface area contributed by atoms with Crippen molar-refractivity contribution < 1.29 is 14.7 Å². The van der Waals surface area contributed by atoms with E-state index in [-0.39, 0.29) is 24.2 Å². The Hall–Kier alpha value is -1.06. The maximum Gasteiger partial charge on any atom is 0.303 e. The Morgan fingerprint density at radius 1 is 1.22 bits per heavy atom. The largest absolute Gasteiger partial charge is 0.481 e. The maximum absolute atomic E-state index is 11.9. The molecule has 2 atom stereocenters. The summed E-state index contributed by atoms with van der Waals surface area (Å²) in [5.74, 6) is -0.332. The van der Waals surface area contributed by atoms with Crippen LogP contribution in [0.4, 0.5) is 0 Å². The molecule has 0 aromatic carbocycles. The smallest absolute Gasteiger partial charge is 0.303 e. The third-order valence-electron chi connectivity index (χ3n) is 3.25. The normalized spacial score (nSPS) is 13.9. The molecule has 18 heavy (non-hydrogen) atoms. The van der Waals surface area contributed by atoms with Crippen molar-refractivity contribution in [2.45, 2.75) is 59.3 Å². The molecule has 0 aliphatic carbocycles. The Labute approximate surface area is 110 Å². The molecule has 1 amide bonds. The minimum absolute atomic E-state index is 0.108. The van der Waals surface area contributed by atoms with Crippen molar-refractivity contribution in [3.05, 3.63) is 0 Å². The molecule has 0 saturated carbocycles. The highest BCUT2D eigenvalue weighted by atomic mass is 16.4. The van der Waals surface area contributed by atoms with E-state index in [1.807, 2.05) is 13.8 Å². The van der Waals surface area contributed by atoms with Gasteiger partial charge in [0.2, 0.25) is 5.91 Å². The molecular formula is C14H27NO3. The molecule has 0 saturated heterocycles. The second kappa shape index (κ2) is 9.92. The summed E-state index contributed by atoms with van der Waals surface area (Å²) in [6.07, 6.45) is 4.79. The number of nitrogens with one attached hydrogen (secondary N) is 1. The first kappa shape index (κ1) is 16.9. The van der Waals surface area contributed by atoms with E-state index in [4.69, 9.17) is 5.11 Å². The Bertz CT molecular complexity index is 253. The topological polar surface area (TPSA) is 66.4 Å². The molecule has 0 aliphatic rings. The van der Waals surface area contributed by atoms with E-state index in [2.05, 4.69) is 12.2 Å². The molecule has 0 aromatic heterocycles. The first-order valence-corrected chi connectivity index (χ1v) is 7.00. The number of aliphatic carboxylic acids is 1. The van der Waals surface area contributed by atoms with E-state index >= 15 is 0 Å². The van der Waals surface area contributed by atoms with Gasteiger partial charge in [0.05, 0.1) is 0 Å². The molecular weight excluding hydrogens is 230 g/mol. The van der Waals surface area contributed by atoms with Crippen molar-refractivity contribution >= 4 is 11.9 Å². The minimum atomic E-state index is -0.775. The predicted octanol–water partition coefficient (Wildman–Crippen LogP) is 2.82. The molecule has 0 fully saturated rings. The summed E-state index contributed by atoms with van der Waals surface area (Å²) in [5.41, 5.74) is 0. The number of carbonyl (C=O) groups excluding carboxylic acids is 1. The quantitative estimate of drug-likeness (QED) is 0.632. The van der Waals surface area contributed by atoms with Crippen molar-refractivity contribution in [3.8, 4) is 0 Å². The fourth-order valence-corrected chi connectivity index (χ4v) is 1.86. The van der Waals surface area contributed by atoms with Crippen LogP contribution in [0.1, 0.15) is 59.3 Å². The molecule has 0 radical (unpaired) electrons. The summed E-state index contributed by atoms with van der Waals surface area (Å²) in [7, 11) is 0. The fourth-order valence-electron chi connectivity index (χ4n) is 1.86. The molecule has 0 rings (SSSR count). The summed E-state index contributed by atoms with van der Waals surface area (Å²) in [5, 5.41) is 11.5. The zero-order valence-corrected chi connectivity index (χ0v) is 11.9. The number of hydrogen-bond donors (Lipinski definition) is 2. The van der Waals surface area contributed by atoms with Crippen LogP contribution in [-0.4, -0.2) is 23.5 Å². The third-order valence-corrected chi connectivity index (χ3v) is 3.25. The third kappa shape index (κ3) is 8.09. The first-order valence-electron chi connectivity index (χ1n) is 7.00. The van der Waals surface area contributed by atoms with Crippen molar-refractivity contribution in [3.63, 3.8) is 0 Å². The number of rotatable bonds is 10. The van der Waals surface area contributed by atoms with E-state index in [9.17, 15) is 9.59 Å². The van der Waals surface area contributed by atoms with Crippen molar-refractivity contribution in [2.75, 3.05) is 6.54 Å². The van der Waals surface area contributed by atoms with Crippen LogP contribution < -0.4 is 5.32 Å². The number of carbonyl (C=O) groups is 2. The van der Waals surface area contributed by atoms with E-state index in [1.54, 1.807) is 0 Å². The van der Waals surface area contributed by atoms with Crippen LogP contribution in [0.5, 0.6) is 0 Å². The average Bonchev–Trinajstić information content (AvgIpc) is 2.34. The zero-order valence-electron chi connectivity index (χ0n) is 11.9. The Kier molecular flexibility index (Phi) is 9.33. The molecule has 0 spiro atoms. The van der Waals surface area contributed by atoms with E-state index in [0.717, 1.165) is 25.7 Å². The summed E-state index contributed by atoms with van der Waals surface area (Å²) in [6, 6.07) is 0. The molecule has 0 heterocycles. The predicted molar refractivity (Wildman–Crippen MR) is 72.3 cm³/mol. The summed E-state index contributed by atoms with van der Waals surface area (Å²) < 4.78 is 0. The first-order chi connectivity index (χ1) is 8.51. The van der Waals surface area contributed by atoms with Gasteiger partial charge in [-0.15, -0.1) is 0 Å². The van der Waals surface area contributed by atoms with Gasteiger partial charge in [0.15, 0.2) is 0 Å². The second-order valence-corrected chi connectivity index (χ2v) is 5.03. The lowest BCUT2D eigenvalue weighted by Gasteiger charge is -2.17. The lowest BCUT2D eigenvalue weighted by atomic mass is 9.98. The van der Waals surface area contributed by atoms with E-state index < -0.39 is 5.97 Å².